The Kier molecular flexibility index (Phi) is 0.630. The highest BCUT2D eigenvalue weighted by Crippen LogP contribution is 2.09. The normalized spacial score (nSPS) is 50.4. The van der Waals surface area contributed by atoms with Gasteiger partial charge in [0.1, 0.15) is 0 Å². The van der Waals surface area contributed by atoms with Crippen LogP contribution in [0.5, 0.6) is 0 Å². The van der Waals surface area contributed by atoms with Gasteiger partial charge in [-0.15, -0.1) is 0 Å². The quantitative estimate of drug-likeness (QED) is 0.544. The molecule has 0 amide bonds. The lowest BCUT2D eigenvalue weighted by Gasteiger charge is -2.04. The topological polar surface area (TPSA) is 0 Å². The first kappa shape index (κ1) is 0.980. The van der Waals surface area contributed by atoms with Crippen LogP contribution in [0.25, 0.3) is 0 Å². The largest absolute Gasteiger partial charge is 0.0654 e. The summed E-state index contributed by atoms with van der Waals surface area (Å²) in [4.78, 5) is 0. The standard InChI is InChI=1S/C8H18/c1-4-6-7-8(3)5-2/h8H,4-7H2,1-3H3/i1D3,3D3,4D2,6D2,7D2,8D. The molecule has 0 nitrogen and oxygen atoms in total. The SMILES string of the molecule is [2H]C([2H])([2H])C([2H])([2H])C([2H])([2H])C([2H])([2H])C([2H])(CC)C([2H])([2H])[2H]. The Labute approximate surface area is 71.6 Å². The first-order chi connectivity index (χ1) is 8.81. The van der Waals surface area contributed by atoms with Crippen molar-refractivity contribution < 1.29 is 17.8 Å². The second-order valence-electron chi connectivity index (χ2n) is 1.21. The van der Waals surface area contributed by atoms with E-state index in [1.807, 2.05) is 0 Å². The third-order valence-corrected chi connectivity index (χ3v) is 0.629. The lowest BCUT2D eigenvalue weighted by atomic mass is 10.0. The molecular weight excluding hydrogens is 96.1 g/mol. The molecule has 0 heterocycles. The molecule has 0 saturated heterocycles. The predicted octanol–water partition coefficient (Wildman–Crippen LogP) is 3.22. The molecule has 0 radical (unpaired) electrons. The highest BCUT2D eigenvalue weighted by Gasteiger charge is 1.94. The van der Waals surface area contributed by atoms with Gasteiger partial charge in [0, 0.05) is 17.8 Å². The molecule has 1 unspecified atom stereocenters. The van der Waals surface area contributed by atoms with Gasteiger partial charge in [-0.05, 0) is 5.89 Å². The van der Waals surface area contributed by atoms with E-state index in [2.05, 4.69) is 0 Å². The molecule has 8 heavy (non-hydrogen) atoms. The summed E-state index contributed by atoms with van der Waals surface area (Å²) < 4.78 is 96.2. The van der Waals surface area contributed by atoms with E-state index >= 15 is 0 Å². The maximum Gasteiger partial charge on any atom is 0.0300 e. The summed E-state index contributed by atoms with van der Waals surface area (Å²) in [5.74, 6) is -3.00. The second-order valence-corrected chi connectivity index (χ2v) is 1.21. The molecule has 0 saturated carbocycles. The lowest BCUT2D eigenvalue weighted by molar-refractivity contribution is 0.492. The summed E-state index contributed by atoms with van der Waals surface area (Å²) in [6.45, 7) is -5.63. The van der Waals surface area contributed by atoms with Crippen molar-refractivity contribution in [1.29, 1.82) is 0 Å². The van der Waals surface area contributed by atoms with Crippen LogP contribution in [-0.2, 0) is 0 Å². The molecule has 0 aromatic carbocycles. The van der Waals surface area contributed by atoms with Gasteiger partial charge in [0.25, 0.3) is 0 Å². The Morgan fingerprint density at radius 2 is 2.75 bits per heavy atom. The van der Waals surface area contributed by atoms with Crippen LogP contribution in [0.3, 0.4) is 0 Å². The van der Waals surface area contributed by atoms with E-state index in [0.29, 0.717) is 0 Å². The van der Waals surface area contributed by atoms with E-state index in [-0.39, 0.29) is 0 Å². The van der Waals surface area contributed by atoms with Crippen LogP contribution in [0.15, 0.2) is 0 Å². The van der Waals surface area contributed by atoms with Crippen LogP contribution < -0.4 is 0 Å². The van der Waals surface area contributed by atoms with Gasteiger partial charge in [-0.2, -0.15) is 0 Å². The molecule has 0 aliphatic carbocycles. The van der Waals surface area contributed by atoms with Gasteiger partial charge in [-0.1, -0.05) is 46.2 Å². The minimum absolute atomic E-state index is 0.646. The average Bonchev–Trinajstić information content (AvgIpc) is 2.23. The van der Waals surface area contributed by atoms with E-state index in [1.165, 1.54) is 0 Å². The summed E-state index contributed by atoms with van der Waals surface area (Å²) in [6, 6.07) is 0. The van der Waals surface area contributed by atoms with Crippen molar-refractivity contribution in [3.63, 3.8) is 0 Å². The van der Waals surface area contributed by atoms with Crippen LogP contribution in [0, 0.1) is 5.89 Å². The van der Waals surface area contributed by atoms with Gasteiger partial charge >= 0.3 is 0 Å². The van der Waals surface area contributed by atoms with Crippen LogP contribution in [0.4, 0.5) is 0 Å². The Morgan fingerprint density at radius 1 is 1.88 bits per heavy atom. The summed E-state index contributed by atoms with van der Waals surface area (Å²) >= 11 is 0. The molecule has 0 N–H and O–H groups in total. The number of hydrogen-bond donors (Lipinski definition) is 0. The molecule has 0 bridgehead atoms. The zero-order chi connectivity index (χ0) is 17.7. The third-order valence-electron chi connectivity index (χ3n) is 0.629. The van der Waals surface area contributed by atoms with Crippen LogP contribution >= 0.6 is 0 Å². The Hall–Kier alpha value is 0. The smallest absolute Gasteiger partial charge is 0.0300 e. The highest BCUT2D eigenvalue weighted by molar-refractivity contribution is 4.47. The zero-order valence-electron chi connectivity index (χ0n) is 17.7. The minimum Gasteiger partial charge on any atom is -0.0654 e. The van der Waals surface area contributed by atoms with Crippen molar-refractivity contribution in [2.24, 2.45) is 5.89 Å². The molecule has 0 aliphatic rings. The molecule has 0 aromatic heterocycles. The van der Waals surface area contributed by atoms with Gasteiger partial charge in [0.05, 0.1) is 0 Å². The molecule has 0 rings (SSSR count). The molecule has 0 aromatic rings. The van der Waals surface area contributed by atoms with Crippen LogP contribution in [0.2, 0.25) is 0 Å². The van der Waals surface area contributed by atoms with Crippen molar-refractivity contribution in [3.8, 4) is 0 Å². The van der Waals surface area contributed by atoms with Crippen LogP contribution in [-0.4, -0.2) is 0 Å². The monoisotopic (exact) mass is 127 g/mol. The summed E-state index contributed by atoms with van der Waals surface area (Å²) in [5.41, 5.74) is 0. The maximum atomic E-state index is 7.84. The Balaban J connectivity index is 6.24. The van der Waals surface area contributed by atoms with Gasteiger partial charge in [-0.3, -0.25) is 0 Å². The summed E-state index contributed by atoms with van der Waals surface area (Å²) in [5, 5.41) is 0. The molecule has 0 heteroatoms. The van der Waals surface area contributed by atoms with Gasteiger partial charge in [0.15, 0.2) is 0 Å². The van der Waals surface area contributed by atoms with E-state index in [1.54, 1.807) is 0 Å². The van der Waals surface area contributed by atoms with Crippen molar-refractivity contribution in [2.45, 2.75) is 46.2 Å². The van der Waals surface area contributed by atoms with Crippen LogP contribution in [0.1, 0.15) is 64.0 Å². The first-order valence-corrected chi connectivity index (χ1v) is 2.31. The highest BCUT2D eigenvalue weighted by atomic mass is 14.0. The average molecular weight is 127 g/mol. The molecule has 1 atom stereocenters. The van der Waals surface area contributed by atoms with Crippen molar-refractivity contribution in [1.82, 2.24) is 0 Å². The second kappa shape index (κ2) is 5.14. The maximum absolute atomic E-state index is 7.84. The van der Waals surface area contributed by atoms with E-state index in [4.69, 9.17) is 17.8 Å². The van der Waals surface area contributed by atoms with Gasteiger partial charge in [-0.25, -0.2) is 0 Å². The van der Waals surface area contributed by atoms with E-state index in [9.17, 15) is 0 Å². The lowest BCUT2D eigenvalue weighted by Crippen LogP contribution is -1.89. The Bertz CT molecular complexity index is 375. The van der Waals surface area contributed by atoms with Crippen molar-refractivity contribution in [2.75, 3.05) is 0 Å². The fourth-order valence-electron chi connectivity index (χ4n) is 0.195. The number of hydrogen-bond acceptors (Lipinski definition) is 0. The third kappa shape index (κ3) is 4.17. The zero-order valence-corrected chi connectivity index (χ0v) is 4.71. The van der Waals surface area contributed by atoms with Crippen molar-refractivity contribution >= 4 is 0 Å². The van der Waals surface area contributed by atoms with E-state index in [0.717, 1.165) is 6.92 Å². The Morgan fingerprint density at radius 3 is 3.25 bits per heavy atom. The molecule has 0 fully saturated rings. The summed E-state index contributed by atoms with van der Waals surface area (Å²) in [6.07, 6.45) is -11.6. The van der Waals surface area contributed by atoms with Gasteiger partial charge in [0.2, 0.25) is 0 Å². The molecule has 0 aliphatic heterocycles. The fraction of sp³-hybridized carbons (Fsp3) is 1.00. The van der Waals surface area contributed by atoms with E-state index < -0.39 is 45.1 Å². The molecular formula is C8H18. The number of rotatable bonds is 4. The minimum atomic E-state index is -3.72. The molecule has 50 valence electrons. The van der Waals surface area contributed by atoms with Gasteiger partial charge < -0.3 is 0 Å². The van der Waals surface area contributed by atoms with Crippen molar-refractivity contribution in [3.05, 3.63) is 0 Å². The first-order valence-electron chi connectivity index (χ1n) is 8.81. The predicted molar refractivity (Wildman–Crippen MR) is 39.0 cm³/mol. The fourth-order valence-corrected chi connectivity index (χ4v) is 0.195. The summed E-state index contributed by atoms with van der Waals surface area (Å²) in [7, 11) is 0. The molecule has 0 spiro atoms.